The first-order valence-electron chi connectivity index (χ1n) is 14.1. The predicted octanol–water partition coefficient (Wildman–Crippen LogP) is 6.46. The minimum absolute atomic E-state index is 0.187. The van der Waals surface area contributed by atoms with Crippen molar-refractivity contribution in [1.29, 1.82) is 0 Å². The normalized spacial score (nSPS) is 22.1. The van der Waals surface area contributed by atoms with Crippen LogP contribution in [0, 0.1) is 11.8 Å². The molecule has 2 bridgehead atoms. The number of aryl methyl sites for hydroxylation is 2. The molecule has 3 aliphatic carbocycles. The minimum atomic E-state index is -0.495. The van der Waals surface area contributed by atoms with Crippen molar-refractivity contribution < 1.29 is 14.4 Å². The molecule has 1 heterocycles. The fourth-order valence-electron chi connectivity index (χ4n) is 7.36. The highest BCUT2D eigenvalue weighted by Gasteiger charge is 2.62. The van der Waals surface area contributed by atoms with Crippen molar-refractivity contribution >= 4 is 29.1 Å². The van der Waals surface area contributed by atoms with Crippen LogP contribution in [0.25, 0.3) is 0 Å². The van der Waals surface area contributed by atoms with E-state index in [-0.39, 0.29) is 29.6 Å². The van der Waals surface area contributed by atoms with Gasteiger partial charge in [0.05, 0.1) is 23.1 Å². The number of nitrogens with one attached hydrogen (secondary N) is 1. The Morgan fingerprint density at radius 3 is 1.57 bits per heavy atom. The highest BCUT2D eigenvalue weighted by molar-refractivity contribution is 6.26. The molecule has 0 radical (unpaired) electrons. The van der Waals surface area contributed by atoms with Crippen molar-refractivity contribution in [3.05, 3.63) is 130 Å². The smallest absolute Gasteiger partial charge is 0.257 e. The highest BCUT2D eigenvalue weighted by Crippen LogP contribution is 2.61. The molecule has 4 aromatic carbocycles. The fraction of sp³-hybridized carbons (Fsp3) is 0.229. The predicted molar refractivity (Wildman–Crippen MR) is 156 cm³/mol. The van der Waals surface area contributed by atoms with Gasteiger partial charge in [0.2, 0.25) is 11.8 Å². The monoisotopic (exact) mass is 526 g/mol. The van der Waals surface area contributed by atoms with E-state index < -0.39 is 11.8 Å². The van der Waals surface area contributed by atoms with Gasteiger partial charge in [-0.25, -0.2) is 4.90 Å². The van der Waals surface area contributed by atoms with Crippen LogP contribution < -0.4 is 10.2 Å². The minimum Gasteiger partial charge on any atom is -0.321 e. The number of carbonyl (C=O) groups excluding carboxylic acids is 3. The number of para-hydroxylation sites is 2. The van der Waals surface area contributed by atoms with Crippen LogP contribution in [0.15, 0.2) is 91.0 Å². The first kappa shape index (κ1) is 24.5. The summed E-state index contributed by atoms with van der Waals surface area (Å²) >= 11 is 0. The lowest BCUT2D eigenvalue weighted by atomic mass is 9.55. The second kappa shape index (κ2) is 9.30. The highest BCUT2D eigenvalue weighted by atomic mass is 16.2. The summed E-state index contributed by atoms with van der Waals surface area (Å²) in [4.78, 5) is 43.6. The number of nitrogens with zero attached hydrogens (tertiary/aromatic N) is 1. The fourth-order valence-corrected chi connectivity index (χ4v) is 7.36. The van der Waals surface area contributed by atoms with Crippen LogP contribution in [0.1, 0.15) is 69.4 Å². The molecule has 5 nitrogen and oxygen atoms in total. The van der Waals surface area contributed by atoms with Gasteiger partial charge in [-0.2, -0.15) is 0 Å². The first-order valence-corrected chi connectivity index (χ1v) is 14.1. The summed E-state index contributed by atoms with van der Waals surface area (Å²) < 4.78 is 0. The Balaban J connectivity index is 1.31. The maximum absolute atomic E-state index is 14.3. The Morgan fingerprint density at radius 1 is 0.650 bits per heavy atom. The molecule has 40 heavy (non-hydrogen) atoms. The van der Waals surface area contributed by atoms with Gasteiger partial charge < -0.3 is 5.32 Å². The first-order chi connectivity index (χ1) is 19.5. The van der Waals surface area contributed by atoms with Gasteiger partial charge >= 0.3 is 0 Å². The number of hydrogen-bond donors (Lipinski definition) is 1. The van der Waals surface area contributed by atoms with Gasteiger partial charge in [0, 0.05) is 17.5 Å². The van der Waals surface area contributed by atoms with Gasteiger partial charge in [-0.05, 0) is 58.4 Å². The number of anilines is 2. The number of amides is 3. The summed E-state index contributed by atoms with van der Waals surface area (Å²) in [6.45, 7) is 4.12. The molecule has 5 heteroatoms. The van der Waals surface area contributed by atoms with Crippen LogP contribution >= 0.6 is 0 Å². The van der Waals surface area contributed by atoms with Gasteiger partial charge in [-0.3, -0.25) is 14.4 Å². The molecule has 0 aromatic heterocycles. The Bertz CT molecular complexity index is 1570. The van der Waals surface area contributed by atoms with E-state index in [1.165, 1.54) is 4.90 Å². The van der Waals surface area contributed by atoms with Crippen molar-refractivity contribution in [3.63, 3.8) is 0 Å². The molecule has 0 saturated carbocycles. The molecule has 0 spiro atoms. The van der Waals surface area contributed by atoms with Gasteiger partial charge in [-0.1, -0.05) is 92.7 Å². The van der Waals surface area contributed by atoms with Crippen molar-refractivity contribution in [2.24, 2.45) is 11.8 Å². The number of imide groups is 1. The van der Waals surface area contributed by atoms with E-state index in [1.807, 2.05) is 42.5 Å². The van der Waals surface area contributed by atoms with E-state index in [2.05, 4.69) is 43.4 Å². The summed E-state index contributed by atoms with van der Waals surface area (Å²) in [6.07, 6.45) is 1.56. The number of benzene rings is 4. The molecule has 1 fully saturated rings. The standard InChI is InChI=1S/C35H30N2O3/c1-3-20-12-11-13-21(4-2)32(20)36-33(38)26-18-9-10-19-27(26)37-34(39)30-28-22-14-5-6-15-23(22)29(31(30)35(37)40)25-17-8-7-16-24(25)28/h5-19,28-31H,3-4H2,1-2H3,(H,36,38)/t28?,29?,30-,31-/m0/s1. The van der Waals surface area contributed by atoms with Gasteiger partial charge in [0.1, 0.15) is 0 Å². The van der Waals surface area contributed by atoms with Crippen LogP contribution in [0.5, 0.6) is 0 Å². The maximum atomic E-state index is 14.3. The molecule has 1 saturated heterocycles. The van der Waals surface area contributed by atoms with E-state index in [1.54, 1.807) is 24.3 Å². The number of hydrogen-bond acceptors (Lipinski definition) is 3. The van der Waals surface area contributed by atoms with E-state index in [0.717, 1.165) is 51.9 Å². The largest absolute Gasteiger partial charge is 0.321 e. The van der Waals surface area contributed by atoms with Crippen LogP contribution in [0.2, 0.25) is 0 Å². The van der Waals surface area contributed by atoms with Crippen LogP contribution in [-0.2, 0) is 22.4 Å². The second-order valence-electron chi connectivity index (χ2n) is 10.9. The molecule has 2 atom stereocenters. The molecule has 4 aromatic rings. The summed E-state index contributed by atoms with van der Waals surface area (Å²) in [6, 6.07) is 29.4. The van der Waals surface area contributed by atoms with E-state index in [0.29, 0.717) is 11.3 Å². The summed E-state index contributed by atoms with van der Waals surface area (Å²) in [5, 5.41) is 3.12. The van der Waals surface area contributed by atoms with Crippen molar-refractivity contribution in [1.82, 2.24) is 0 Å². The SMILES string of the molecule is CCc1cccc(CC)c1NC(=O)c1ccccc1N1C(=O)[C@H]2C3c4ccccc4C(c4ccccc43)[C@@H]2C1=O. The number of rotatable bonds is 5. The molecule has 1 N–H and O–H groups in total. The zero-order valence-corrected chi connectivity index (χ0v) is 22.6. The lowest BCUT2D eigenvalue weighted by Crippen LogP contribution is -2.41. The molecule has 3 amide bonds. The zero-order chi connectivity index (χ0) is 27.5. The van der Waals surface area contributed by atoms with E-state index in [9.17, 15) is 14.4 Å². The van der Waals surface area contributed by atoms with Crippen LogP contribution in [0.3, 0.4) is 0 Å². The van der Waals surface area contributed by atoms with Crippen LogP contribution in [0.4, 0.5) is 11.4 Å². The average Bonchev–Trinajstić information content (AvgIpc) is 3.27. The molecular formula is C35H30N2O3. The summed E-state index contributed by atoms with van der Waals surface area (Å²) in [5.41, 5.74) is 8.10. The van der Waals surface area contributed by atoms with E-state index in [4.69, 9.17) is 0 Å². The lowest BCUT2D eigenvalue weighted by Gasteiger charge is -2.45. The Hall–Kier alpha value is -4.51. The quantitative estimate of drug-likeness (QED) is 0.304. The summed E-state index contributed by atoms with van der Waals surface area (Å²) in [5.74, 6) is -2.13. The third-order valence-corrected chi connectivity index (χ3v) is 9.08. The second-order valence-corrected chi connectivity index (χ2v) is 10.9. The molecule has 0 unspecified atom stereocenters. The maximum Gasteiger partial charge on any atom is 0.257 e. The molecule has 4 aliphatic rings. The lowest BCUT2D eigenvalue weighted by molar-refractivity contribution is -0.122. The molecule has 8 rings (SSSR count). The van der Waals surface area contributed by atoms with Crippen LogP contribution in [-0.4, -0.2) is 17.7 Å². The Morgan fingerprint density at radius 2 is 1.10 bits per heavy atom. The Kier molecular flexibility index (Phi) is 5.70. The van der Waals surface area contributed by atoms with E-state index >= 15 is 0 Å². The third kappa shape index (κ3) is 3.37. The van der Waals surface area contributed by atoms with Crippen molar-refractivity contribution in [2.75, 3.05) is 10.2 Å². The molecule has 1 aliphatic heterocycles. The number of carbonyl (C=O) groups is 3. The zero-order valence-electron chi connectivity index (χ0n) is 22.6. The molecular weight excluding hydrogens is 496 g/mol. The Labute approximate surface area is 233 Å². The average molecular weight is 527 g/mol. The van der Waals surface area contributed by atoms with Gasteiger partial charge in [0.25, 0.3) is 5.91 Å². The van der Waals surface area contributed by atoms with Gasteiger partial charge in [0.15, 0.2) is 0 Å². The van der Waals surface area contributed by atoms with Crippen molar-refractivity contribution in [3.8, 4) is 0 Å². The van der Waals surface area contributed by atoms with Crippen molar-refractivity contribution in [2.45, 2.75) is 38.5 Å². The molecule has 198 valence electrons. The third-order valence-electron chi connectivity index (χ3n) is 9.08. The van der Waals surface area contributed by atoms with Gasteiger partial charge in [-0.15, -0.1) is 0 Å². The topological polar surface area (TPSA) is 66.5 Å². The summed E-state index contributed by atoms with van der Waals surface area (Å²) in [7, 11) is 0.